The second-order valence-corrected chi connectivity index (χ2v) is 6.03. The van der Waals surface area contributed by atoms with Gasteiger partial charge in [0.2, 0.25) is 0 Å². The van der Waals surface area contributed by atoms with Gasteiger partial charge in [0.1, 0.15) is 10.6 Å². The normalized spacial score (nSPS) is 11.9. The molecule has 8 heteroatoms. The van der Waals surface area contributed by atoms with Crippen molar-refractivity contribution in [2.24, 2.45) is 0 Å². The highest BCUT2D eigenvalue weighted by molar-refractivity contribution is 7.17. The van der Waals surface area contributed by atoms with Crippen molar-refractivity contribution < 1.29 is 23.8 Å². The Morgan fingerprint density at radius 1 is 1.50 bits per heavy atom. The number of hydrogen-bond acceptors (Lipinski definition) is 6. The summed E-state index contributed by atoms with van der Waals surface area (Å²) < 4.78 is 10.6. The van der Waals surface area contributed by atoms with E-state index in [-0.39, 0.29) is 13.2 Å². The zero-order chi connectivity index (χ0) is 17.7. The lowest BCUT2D eigenvalue weighted by Crippen LogP contribution is -2.44. The molecule has 0 bridgehead atoms. The summed E-state index contributed by atoms with van der Waals surface area (Å²) in [6.07, 6.45) is 1.51. The zero-order valence-electron chi connectivity index (χ0n) is 13.4. The standard InChI is InChI=1S/C16H18N2O5S/c1-4-7-22-8-11(16(20)21)18-14(19)13-10(3)17-15(24-13)12-6-5-9(2)23-12/h4-6,11H,1,7-8H2,2-3H3,(H,18,19)(H,20,21). The van der Waals surface area contributed by atoms with Crippen LogP contribution in [0.4, 0.5) is 0 Å². The first-order chi connectivity index (χ1) is 11.4. The van der Waals surface area contributed by atoms with E-state index < -0.39 is 17.9 Å². The molecular formula is C16H18N2O5S. The van der Waals surface area contributed by atoms with Gasteiger partial charge in [0.25, 0.3) is 5.91 Å². The third-order valence-electron chi connectivity index (χ3n) is 3.08. The molecular weight excluding hydrogens is 332 g/mol. The van der Waals surface area contributed by atoms with Gasteiger partial charge in [0, 0.05) is 0 Å². The molecule has 0 spiro atoms. The van der Waals surface area contributed by atoms with Crippen molar-refractivity contribution in [3.05, 3.63) is 41.1 Å². The van der Waals surface area contributed by atoms with Crippen LogP contribution in [-0.4, -0.2) is 41.2 Å². The topological polar surface area (TPSA) is 102 Å². The number of thiazole rings is 1. The van der Waals surface area contributed by atoms with Crippen LogP contribution in [0.15, 0.2) is 29.2 Å². The number of nitrogens with zero attached hydrogens (tertiary/aromatic N) is 1. The molecule has 2 rings (SSSR count). The average molecular weight is 350 g/mol. The molecule has 1 atom stereocenters. The van der Waals surface area contributed by atoms with Crippen molar-refractivity contribution in [1.29, 1.82) is 0 Å². The fraction of sp³-hybridized carbons (Fsp3) is 0.312. The molecule has 0 aliphatic carbocycles. The number of aryl methyl sites for hydroxylation is 2. The number of carboxylic acid groups (broad SMARTS) is 1. The molecule has 1 amide bonds. The van der Waals surface area contributed by atoms with E-state index in [2.05, 4.69) is 16.9 Å². The fourth-order valence-corrected chi connectivity index (χ4v) is 2.86. The van der Waals surface area contributed by atoms with Gasteiger partial charge >= 0.3 is 5.97 Å². The Hall–Kier alpha value is -2.45. The molecule has 2 N–H and O–H groups in total. The maximum Gasteiger partial charge on any atom is 0.328 e. The second-order valence-electron chi connectivity index (χ2n) is 5.03. The first-order valence-corrected chi connectivity index (χ1v) is 8.00. The molecule has 2 heterocycles. The molecule has 0 aliphatic heterocycles. The van der Waals surface area contributed by atoms with Crippen LogP contribution in [-0.2, 0) is 9.53 Å². The van der Waals surface area contributed by atoms with E-state index in [1.54, 1.807) is 13.0 Å². The van der Waals surface area contributed by atoms with Crippen LogP contribution in [0.1, 0.15) is 21.1 Å². The Morgan fingerprint density at radius 2 is 2.25 bits per heavy atom. The number of carbonyl (C=O) groups is 2. The molecule has 128 valence electrons. The van der Waals surface area contributed by atoms with Crippen LogP contribution in [0.2, 0.25) is 0 Å². The van der Waals surface area contributed by atoms with Crippen molar-refractivity contribution in [3.8, 4) is 10.8 Å². The number of amides is 1. The first kappa shape index (κ1) is 17.9. The summed E-state index contributed by atoms with van der Waals surface area (Å²) in [7, 11) is 0. The van der Waals surface area contributed by atoms with Gasteiger partial charge in [-0.05, 0) is 26.0 Å². The Labute approximate surface area is 143 Å². The number of nitrogens with one attached hydrogen (secondary N) is 1. The van der Waals surface area contributed by atoms with E-state index in [1.165, 1.54) is 6.08 Å². The number of furan rings is 1. The second kappa shape index (κ2) is 7.89. The van der Waals surface area contributed by atoms with Gasteiger partial charge in [-0.2, -0.15) is 0 Å². The lowest BCUT2D eigenvalue weighted by molar-refractivity contribution is -0.140. The summed E-state index contributed by atoms with van der Waals surface area (Å²) in [5, 5.41) is 12.2. The molecule has 0 saturated carbocycles. The summed E-state index contributed by atoms with van der Waals surface area (Å²) in [6.45, 7) is 7.05. The van der Waals surface area contributed by atoms with Gasteiger partial charge in [-0.25, -0.2) is 9.78 Å². The quantitative estimate of drug-likeness (QED) is 0.560. The summed E-state index contributed by atoms with van der Waals surface area (Å²) >= 11 is 1.15. The van der Waals surface area contributed by atoms with Crippen LogP contribution in [0.25, 0.3) is 10.8 Å². The van der Waals surface area contributed by atoms with E-state index >= 15 is 0 Å². The summed E-state index contributed by atoms with van der Waals surface area (Å²) in [5.41, 5.74) is 0.512. The lowest BCUT2D eigenvalue weighted by Gasteiger charge is -2.13. The van der Waals surface area contributed by atoms with Crippen molar-refractivity contribution >= 4 is 23.2 Å². The molecule has 0 aromatic carbocycles. The smallest absolute Gasteiger partial charge is 0.328 e. The maximum atomic E-state index is 12.4. The van der Waals surface area contributed by atoms with Crippen LogP contribution in [0, 0.1) is 13.8 Å². The van der Waals surface area contributed by atoms with Crippen molar-refractivity contribution in [2.45, 2.75) is 19.9 Å². The molecule has 0 saturated heterocycles. The van der Waals surface area contributed by atoms with E-state index in [0.717, 1.165) is 17.1 Å². The highest BCUT2D eigenvalue weighted by Gasteiger charge is 2.24. The van der Waals surface area contributed by atoms with Gasteiger partial charge in [-0.15, -0.1) is 17.9 Å². The van der Waals surface area contributed by atoms with Crippen molar-refractivity contribution in [3.63, 3.8) is 0 Å². The highest BCUT2D eigenvalue weighted by atomic mass is 32.1. The number of carbonyl (C=O) groups excluding carboxylic acids is 1. The first-order valence-electron chi connectivity index (χ1n) is 7.19. The van der Waals surface area contributed by atoms with Crippen LogP contribution in [0.3, 0.4) is 0 Å². The molecule has 1 unspecified atom stereocenters. The zero-order valence-corrected chi connectivity index (χ0v) is 14.2. The minimum atomic E-state index is -1.17. The summed E-state index contributed by atoms with van der Waals surface area (Å²) in [4.78, 5) is 28.2. The number of ether oxygens (including phenoxy) is 1. The number of aromatic nitrogens is 1. The Balaban J connectivity index is 2.12. The highest BCUT2D eigenvalue weighted by Crippen LogP contribution is 2.29. The molecule has 7 nitrogen and oxygen atoms in total. The largest absolute Gasteiger partial charge is 0.480 e. The molecule has 2 aromatic heterocycles. The number of carboxylic acids is 1. The number of aliphatic carboxylic acids is 1. The fourth-order valence-electron chi connectivity index (χ4n) is 1.93. The molecule has 0 aliphatic rings. The van der Waals surface area contributed by atoms with Gasteiger partial charge in [0.15, 0.2) is 16.8 Å². The predicted octanol–water partition coefficient (Wildman–Crippen LogP) is 2.41. The van der Waals surface area contributed by atoms with Gasteiger partial charge in [-0.3, -0.25) is 4.79 Å². The van der Waals surface area contributed by atoms with Gasteiger partial charge in [0.05, 0.1) is 18.9 Å². The van der Waals surface area contributed by atoms with E-state index in [9.17, 15) is 14.7 Å². The van der Waals surface area contributed by atoms with Crippen LogP contribution in [0.5, 0.6) is 0 Å². The van der Waals surface area contributed by atoms with Gasteiger partial charge in [-0.1, -0.05) is 6.08 Å². The maximum absolute atomic E-state index is 12.4. The summed E-state index contributed by atoms with van der Waals surface area (Å²) in [6, 6.07) is 2.44. The summed E-state index contributed by atoms with van der Waals surface area (Å²) in [5.74, 6) is -0.358. The molecule has 24 heavy (non-hydrogen) atoms. The molecule has 0 radical (unpaired) electrons. The Bertz CT molecular complexity index is 749. The van der Waals surface area contributed by atoms with E-state index in [4.69, 9.17) is 9.15 Å². The van der Waals surface area contributed by atoms with E-state index in [0.29, 0.717) is 21.3 Å². The van der Waals surface area contributed by atoms with Crippen LogP contribution >= 0.6 is 11.3 Å². The molecule has 0 fully saturated rings. The number of hydrogen-bond donors (Lipinski definition) is 2. The van der Waals surface area contributed by atoms with Crippen molar-refractivity contribution in [2.75, 3.05) is 13.2 Å². The SMILES string of the molecule is C=CCOCC(NC(=O)c1sc(-c2ccc(C)o2)nc1C)C(=O)O. The average Bonchev–Trinajstić information content (AvgIpc) is 3.12. The number of rotatable bonds is 8. The third kappa shape index (κ3) is 4.30. The molecule has 2 aromatic rings. The predicted molar refractivity (Wildman–Crippen MR) is 89.2 cm³/mol. The van der Waals surface area contributed by atoms with Crippen LogP contribution < -0.4 is 5.32 Å². The minimum absolute atomic E-state index is 0.144. The van der Waals surface area contributed by atoms with Crippen molar-refractivity contribution in [1.82, 2.24) is 10.3 Å². The van der Waals surface area contributed by atoms with Gasteiger partial charge < -0.3 is 19.6 Å². The Morgan fingerprint density at radius 3 is 2.83 bits per heavy atom. The monoisotopic (exact) mass is 350 g/mol. The minimum Gasteiger partial charge on any atom is -0.480 e. The third-order valence-corrected chi connectivity index (χ3v) is 4.25. The lowest BCUT2D eigenvalue weighted by atomic mass is 10.3. The Kier molecular flexibility index (Phi) is 5.88. The van der Waals surface area contributed by atoms with E-state index in [1.807, 2.05) is 13.0 Å².